The fraction of sp³-hybridized carbons (Fsp3) is 0.593. The van der Waals surface area contributed by atoms with Crippen molar-refractivity contribution in [3.8, 4) is 5.75 Å². The van der Waals surface area contributed by atoms with Gasteiger partial charge in [0, 0.05) is 18.8 Å². The molecule has 2 rings (SSSR count). The molecule has 8 heteroatoms. The Morgan fingerprint density at radius 1 is 1.26 bits per heavy atom. The molecule has 1 aromatic rings. The number of rotatable bonds is 15. The van der Waals surface area contributed by atoms with Gasteiger partial charge < -0.3 is 24.1 Å². The third-order valence-corrected chi connectivity index (χ3v) is 6.60. The first-order chi connectivity index (χ1) is 16.7. The first kappa shape index (κ1) is 28.5. The van der Waals surface area contributed by atoms with Crippen LogP contribution < -0.4 is 4.74 Å². The van der Waals surface area contributed by atoms with E-state index in [0.29, 0.717) is 45.5 Å². The number of aliphatic hydroxyl groups excluding tert-OH is 1. The lowest BCUT2D eigenvalue weighted by molar-refractivity contribution is -0.197. The van der Waals surface area contributed by atoms with E-state index >= 15 is 0 Å². The maximum Gasteiger partial charge on any atom is 0.387 e. The fourth-order valence-corrected chi connectivity index (χ4v) is 4.35. The minimum absolute atomic E-state index is 0.0380. The van der Waals surface area contributed by atoms with E-state index in [4.69, 9.17) is 24.3 Å². The summed E-state index contributed by atoms with van der Waals surface area (Å²) < 4.78 is 23.4. The highest BCUT2D eigenvalue weighted by atomic mass is 16.8. The van der Waals surface area contributed by atoms with Crippen molar-refractivity contribution in [3.63, 3.8) is 0 Å². The number of methoxy groups -OCH3 is 1. The molecule has 0 bridgehead atoms. The first-order valence-electron chi connectivity index (χ1n) is 12.2. The molecular weight excluding hydrogens is 448 g/mol. The van der Waals surface area contributed by atoms with Crippen LogP contribution in [0, 0.1) is 11.3 Å². The van der Waals surface area contributed by atoms with Gasteiger partial charge in [0.25, 0.3) is 0 Å². The van der Waals surface area contributed by atoms with Crippen molar-refractivity contribution in [3.05, 3.63) is 58.9 Å². The van der Waals surface area contributed by atoms with Crippen molar-refractivity contribution < 1.29 is 28.8 Å². The number of allylic oxidation sites excluding steroid dienone is 1. The van der Waals surface area contributed by atoms with Crippen LogP contribution in [0.3, 0.4) is 0 Å². The van der Waals surface area contributed by atoms with Crippen molar-refractivity contribution in [1.82, 2.24) is 0 Å². The maximum atomic E-state index is 13.3. The van der Waals surface area contributed by atoms with Crippen LogP contribution in [0.2, 0.25) is 0 Å². The Bertz CT molecular complexity index is 917. The molecule has 1 aliphatic heterocycles. The zero-order chi connectivity index (χ0) is 25.9. The lowest BCUT2D eigenvalue weighted by atomic mass is 9.80. The van der Waals surface area contributed by atoms with Gasteiger partial charge in [-0.1, -0.05) is 38.1 Å². The monoisotopic (exact) mass is 487 g/mol. The quantitative estimate of drug-likeness (QED) is 0.181. The highest BCUT2D eigenvalue weighted by molar-refractivity contribution is 5.82. The fourth-order valence-electron chi connectivity index (χ4n) is 4.35. The molecule has 1 heterocycles. The SMILES string of the molecule is C=C(CC[C@H](C(=O)CC/C(O)=C/[N+]#N)[C@@]1(C)COC(CC)(CC)O1)COCc1ccc(OC)cc1. The number of aliphatic hydroxyl groups is 1. The van der Waals surface area contributed by atoms with Crippen LogP contribution in [0.5, 0.6) is 5.75 Å². The minimum atomic E-state index is -0.784. The summed E-state index contributed by atoms with van der Waals surface area (Å²) in [6.07, 6.45) is 3.63. The lowest BCUT2D eigenvalue weighted by Gasteiger charge is -2.34. The Morgan fingerprint density at radius 3 is 2.51 bits per heavy atom. The number of ether oxygens (including phenoxy) is 4. The molecule has 1 N–H and O–H groups in total. The number of hydrogen-bond donors (Lipinski definition) is 1. The van der Waals surface area contributed by atoms with Gasteiger partial charge in [-0.25, -0.2) is 0 Å². The van der Waals surface area contributed by atoms with Crippen LogP contribution in [0.15, 0.2) is 48.4 Å². The molecular formula is C27H39N2O6+. The van der Waals surface area contributed by atoms with Gasteiger partial charge in [-0.3, -0.25) is 4.79 Å². The normalized spacial score (nSPS) is 20.3. The van der Waals surface area contributed by atoms with Crippen LogP contribution in [0.1, 0.15) is 64.9 Å². The molecule has 35 heavy (non-hydrogen) atoms. The topological polar surface area (TPSA) is 102 Å². The molecule has 0 aliphatic carbocycles. The summed E-state index contributed by atoms with van der Waals surface area (Å²) in [5, 5.41) is 18.4. The second-order valence-electron chi connectivity index (χ2n) is 9.21. The standard InChI is InChI=1S/C27H38N2O6/c1-6-27(7-2)34-19-26(4,35-27)24(25(31)15-11-22(30)16-29-28)14-8-20(3)17-33-18-21-9-12-23(32-5)13-10-21/h9-10,12-13,16,24H,3,6-8,11,14-15,17-19H2,1-2,4-5H3/p+1/b22-16-/t24-,26-/m1/s1. The van der Waals surface area contributed by atoms with E-state index in [-0.39, 0.29) is 24.4 Å². The van der Waals surface area contributed by atoms with Crippen LogP contribution in [-0.4, -0.2) is 42.6 Å². The molecule has 1 fully saturated rings. The molecule has 1 saturated heterocycles. The minimum Gasteiger partial charge on any atom is -0.505 e. The lowest BCUT2D eigenvalue weighted by Crippen LogP contribution is -2.44. The van der Waals surface area contributed by atoms with Crippen molar-refractivity contribution in [2.24, 2.45) is 5.92 Å². The van der Waals surface area contributed by atoms with Gasteiger partial charge in [0.2, 0.25) is 5.39 Å². The number of benzene rings is 1. The van der Waals surface area contributed by atoms with E-state index in [1.807, 2.05) is 45.0 Å². The Kier molecular flexibility index (Phi) is 10.9. The summed E-state index contributed by atoms with van der Waals surface area (Å²) in [4.78, 5) is 16.1. The van der Waals surface area contributed by atoms with Gasteiger partial charge in [0.15, 0.2) is 16.5 Å². The zero-order valence-electron chi connectivity index (χ0n) is 21.4. The molecule has 0 aromatic heterocycles. The largest absolute Gasteiger partial charge is 0.505 e. The van der Waals surface area contributed by atoms with E-state index in [2.05, 4.69) is 11.6 Å². The van der Waals surface area contributed by atoms with Gasteiger partial charge in [-0.15, -0.1) is 0 Å². The summed E-state index contributed by atoms with van der Waals surface area (Å²) in [6.45, 7) is 11.2. The number of carbonyl (C=O) groups excluding carboxylic acids is 1. The van der Waals surface area contributed by atoms with Crippen molar-refractivity contribution >= 4 is 5.78 Å². The third kappa shape index (κ3) is 8.17. The van der Waals surface area contributed by atoms with Gasteiger partial charge >= 0.3 is 6.20 Å². The Labute approximate surface area is 208 Å². The number of diazo groups is 1. The Morgan fingerprint density at radius 2 is 1.94 bits per heavy atom. The zero-order valence-corrected chi connectivity index (χ0v) is 21.4. The predicted molar refractivity (Wildman–Crippen MR) is 133 cm³/mol. The van der Waals surface area contributed by atoms with Gasteiger partial charge in [0.1, 0.15) is 17.1 Å². The van der Waals surface area contributed by atoms with Crippen LogP contribution in [-0.2, 0) is 25.6 Å². The number of ketones is 1. The maximum absolute atomic E-state index is 13.3. The molecule has 192 valence electrons. The smallest absolute Gasteiger partial charge is 0.387 e. The van der Waals surface area contributed by atoms with Crippen molar-refractivity contribution in [1.29, 1.82) is 5.39 Å². The van der Waals surface area contributed by atoms with E-state index in [1.54, 1.807) is 7.11 Å². The summed E-state index contributed by atoms with van der Waals surface area (Å²) in [6, 6.07) is 7.69. The highest BCUT2D eigenvalue weighted by Crippen LogP contribution is 2.42. The average Bonchev–Trinajstić information content (AvgIpc) is 3.21. The van der Waals surface area contributed by atoms with Gasteiger partial charge in [0.05, 0.1) is 26.9 Å². The number of carbonyl (C=O) groups is 1. The van der Waals surface area contributed by atoms with E-state index in [0.717, 1.165) is 23.1 Å². The third-order valence-electron chi connectivity index (χ3n) is 6.60. The molecule has 0 saturated carbocycles. The molecule has 2 atom stereocenters. The Balaban J connectivity index is 1.99. The molecule has 0 spiro atoms. The first-order valence-corrected chi connectivity index (χ1v) is 12.2. The highest BCUT2D eigenvalue weighted by Gasteiger charge is 2.51. The van der Waals surface area contributed by atoms with Crippen LogP contribution in [0.4, 0.5) is 0 Å². The summed E-state index contributed by atoms with van der Waals surface area (Å²) in [5.41, 5.74) is 1.14. The average molecular weight is 488 g/mol. The summed E-state index contributed by atoms with van der Waals surface area (Å²) in [7, 11) is 1.63. The van der Waals surface area contributed by atoms with Crippen molar-refractivity contribution in [2.45, 2.75) is 77.3 Å². The number of hydrogen-bond acceptors (Lipinski definition) is 7. The molecule has 0 radical (unpaired) electrons. The number of nitrogens with zero attached hydrogens (tertiary/aromatic N) is 2. The molecule has 8 nitrogen and oxygen atoms in total. The second kappa shape index (κ2) is 13.4. The van der Waals surface area contributed by atoms with Crippen LogP contribution in [0.25, 0.3) is 4.98 Å². The molecule has 1 aromatic carbocycles. The molecule has 0 unspecified atom stereocenters. The van der Waals surface area contributed by atoms with Crippen molar-refractivity contribution in [2.75, 3.05) is 20.3 Å². The van der Waals surface area contributed by atoms with Gasteiger partial charge in [-0.2, -0.15) is 0 Å². The predicted octanol–water partition coefficient (Wildman–Crippen LogP) is 6.09. The number of Topliss-reactive ketones (excluding diaryl/α,β-unsaturated/α-hetero) is 1. The Hall–Kier alpha value is -2.73. The molecule has 1 aliphatic rings. The van der Waals surface area contributed by atoms with E-state index in [9.17, 15) is 9.90 Å². The van der Waals surface area contributed by atoms with Gasteiger partial charge in [-0.05, 0) is 50.3 Å². The summed E-state index contributed by atoms with van der Waals surface area (Å²) in [5.74, 6) is -0.529. The van der Waals surface area contributed by atoms with E-state index < -0.39 is 17.3 Å². The van der Waals surface area contributed by atoms with E-state index in [1.165, 1.54) is 0 Å². The summed E-state index contributed by atoms with van der Waals surface area (Å²) >= 11 is 0. The second-order valence-corrected chi connectivity index (χ2v) is 9.21. The van der Waals surface area contributed by atoms with Crippen LogP contribution >= 0.6 is 0 Å². The molecule has 0 amide bonds.